The van der Waals surface area contributed by atoms with E-state index in [0.717, 1.165) is 22.3 Å². The number of nitrogens with one attached hydrogen (secondary N) is 1. The van der Waals surface area contributed by atoms with E-state index in [0.29, 0.717) is 31.0 Å². The van der Waals surface area contributed by atoms with Crippen LogP contribution in [0.25, 0.3) is 16.7 Å². The molecule has 0 spiro atoms. The standard InChI is InChI=1S/C22H21N5O2/c1-29-22-20(25-18-5-2-3-6-19(18)26-22)11-12-21(28)23-15-16-7-9-17(10-8-16)27-14-4-13-24-27/h2-10,13-14H,11-12,15H2,1H3,(H,23,28). The SMILES string of the molecule is COc1nc2ccccc2nc1CCC(=O)NCc1ccc(-n2cccn2)cc1. The Morgan fingerprint density at radius 1 is 1.03 bits per heavy atom. The molecule has 2 heterocycles. The summed E-state index contributed by atoms with van der Waals surface area (Å²) >= 11 is 0. The van der Waals surface area contributed by atoms with Crippen molar-refractivity contribution in [3.8, 4) is 11.6 Å². The minimum absolute atomic E-state index is 0.0434. The lowest BCUT2D eigenvalue weighted by Gasteiger charge is -2.09. The number of hydrogen-bond donors (Lipinski definition) is 1. The second-order valence-corrected chi connectivity index (χ2v) is 6.56. The number of carbonyl (C=O) groups excluding carboxylic acids is 1. The van der Waals surface area contributed by atoms with Gasteiger partial charge >= 0.3 is 0 Å². The van der Waals surface area contributed by atoms with Crippen LogP contribution in [0.5, 0.6) is 5.88 Å². The van der Waals surface area contributed by atoms with E-state index >= 15 is 0 Å². The van der Waals surface area contributed by atoms with E-state index in [1.54, 1.807) is 18.0 Å². The number of nitrogens with zero attached hydrogens (tertiary/aromatic N) is 4. The summed E-state index contributed by atoms with van der Waals surface area (Å²) in [4.78, 5) is 21.4. The van der Waals surface area contributed by atoms with Crippen molar-refractivity contribution in [2.24, 2.45) is 0 Å². The van der Waals surface area contributed by atoms with Gasteiger partial charge in [-0.3, -0.25) is 4.79 Å². The number of para-hydroxylation sites is 2. The number of carbonyl (C=O) groups is 1. The van der Waals surface area contributed by atoms with Gasteiger partial charge in [-0.05, 0) is 35.9 Å². The third kappa shape index (κ3) is 4.40. The topological polar surface area (TPSA) is 81.9 Å². The predicted octanol–water partition coefficient (Wildman–Crippen LogP) is 3.07. The third-order valence-corrected chi connectivity index (χ3v) is 4.58. The van der Waals surface area contributed by atoms with Crippen molar-refractivity contribution in [1.82, 2.24) is 25.1 Å². The summed E-state index contributed by atoms with van der Waals surface area (Å²) in [6.07, 6.45) is 4.41. The van der Waals surface area contributed by atoms with E-state index < -0.39 is 0 Å². The number of amides is 1. The van der Waals surface area contributed by atoms with Gasteiger partial charge in [0, 0.05) is 31.8 Å². The maximum atomic E-state index is 12.3. The molecule has 7 heteroatoms. The zero-order valence-electron chi connectivity index (χ0n) is 16.1. The first-order valence-corrected chi connectivity index (χ1v) is 9.38. The van der Waals surface area contributed by atoms with Crippen LogP contribution >= 0.6 is 0 Å². The molecule has 0 unspecified atom stereocenters. The minimum atomic E-state index is -0.0434. The molecule has 1 amide bonds. The predicted molar refractivity (Wildman–Crippen MR) is 110 cm³/mol. The van der Waals surface area contributed by atoms with E-state index in [9.17, 15) is 4.79 Å². The summed E-state index contributed by atoms with van der Waals surface area (Å²) in [6.45, 7) is 0.471. The number of rotatable bonds is 7. The van der Waals surface area contributed by atoms with Crippen LogP contribution in [0.2, 0.25) is 0 Å². The fourth-order valence-electron chi connectivity index (χ4n) is 3.06. The lowest BCUT2D eigenvalue weighted by molar-refractivity contribution is -0.121. The molecule has 0 saturated heterocycles. The van der Waals surface area contributed by atoms with Gasteiger partial charge in [0.25, 0.3) is 0 Å². The Bertz CT molecular complexity index is 1110. The molecule has 0 atom stereocenters. The number of aromatic nitrogens is 4. The van der Waals surface area contributed by atoms with E-state index in [1.807, 2.05) is 60.8 Å². The zero-order valence-corrected chi connectivity index (χ0v) is 16.1. The molecule has 29 heavy (non-hydrogen) atoms. The molecule has 4 aromatic rings. The van der Waals surface area contributed by atoms with E-state index in [2.05, 4.69) is 20.4 Å². The summed E-state index contributed by atoms with van der Waals surface area (Å²) in [7, 11) is 1.56. The highest BCUT2D eigenvalue weighted by Crippen LogP contribution is 2.19. The van der Waals surface area contributed by atoms with Crippen molar-refractivity contribution < 1.29 is 9.53 Å². The number of hydrogen-bond acceptors (Lipinski definition) is 5. The van der Waals surface area contributed by atoms with Crippen LogP contribution in [-0.2, 0) is 17.8 Å². The molecule has 146 valence electrons. The molecule has 0 aliphatic rings. The van der Waals surface area contributed by atoms with Crippen LogP contribution < -0.4 is 10.1 Å². The highest BCUT2D eigenvalue weighted by Gasteiger charge is 2.11. The van der Waals surface area contributed by atoms with Crippen LogP contribution in [-0.4, -0.2) is 32.8 Å². The normalized spacial score (nSPS) is 10.8. The van der Waals surface area contributed by atoms with Crippen molar-refractivity contribution in [3.63, 3.8) is 0 Å². The van der Waals surface area contributed by atoms with Crippen molar-refractivity contribution in [2.45, 2.75) is 19.4 Å². The Balaban J connectivity index is 1.34. The molecule has 0 aliphatic carbocycles. The Kier molecular flexibility index (Phi) is 5.47. The Morgan fingerprint density at radius 3 is 2.48 bits per heavy atom. The summed E-state index contributed by atoms with van der Waals surface area (Å²) in [6, 6.07) is 17.4. The summed E-state index contributed by atoms with van der Waals surface area (Å²) in [5, 5.41) is 7.15. The van der Waals surface area contributed by atoms with Gasteiger partial charge in [0.1, 0.15) is 5.69 Å². The number of aryl methyl sites for hydroxylation is 1. The van der Waals surface area contributed by atoms with Crippen LogP contribution in [0.4, 0.5) is 0 Å². The fraction of sp³-hybridized carbons (Fsp3) is 0.182. The first-order valence-electron chi connectivity index (χ1n) is 9.38. The number of methoxy groups -OCH3 is 1. The molecule has 2 aromatic heterocycles. The van der Waals surface area contributed by atoms with Gasteiger partial charge in [-0.2, -0.15) is 5.10 Å². The van der Waals surface area contributed by atoms with Crippen LogP contribution in [0, 0.1) is 0 Å². The highest BCUT2D eigenvalue weighted by molar-refractivity contribution is 5.77. The molecule has 0 saturated carbocycles. The molecule has 0 aliphatic heterocycles. The molecular formula is C22H21N5O2. The van der Waals surface area contributed by atoms with Crippen LogP contribution in [0.15, 0.2) is 67.0 Å². The summed E-state index contributed by atoms with van der Waals surface area (Å²) in [5.41, 5.74) is 4.26. The average molecular weight is 387 g/mol. The quantitative estimate of drug-likeness (QED) is 0.527. The van der Waals surface area contributed by atoms with Gasteiger partial charge in [0.15, 0.2) is 0 Å². The van der Waals surface area contributed by atoms with Gasteiger partial charge in [-0.15, -0.1) is 0 Å². The average Bonchev–Trinajstić information content (AvgIpc) is 3.31. The van der Waals surface area contributed by atoms with Crippen molar-refractivity contribution in [2.75, 3.05) is 7.11 Å². The Morgan fingerprint density at radius 2 is 1.79 bits per heavy atom. The molecule has 7 nitrogen and oxygen atoms in total. The number of ether oxygens (including phenoxy) is 1. The summed E-state index contributed by atoms with van der Waals surface area (Å²) in [5.74, 6) is 0.420. The van der Waals surface area contributed by atoms with Gasteiger partial charge in [0.05, 0.1) is 23.8 Å². The lowest BCUT2D eigenvalue weighted by atomic mass is 10.2. The van der Waals surface area contributed by atoms with Crippen LogP contribution in [0.1, 0.15) is 17.7 Å². The second kappa shape index (κ2) is 8.52. The van der Waals surface area contributed by atoms with Crippen molar-refractivity contribution in [3.05, 3.63) is 78.2 Å². The molecule has 0 fully saturated rings. The molecule has 2 aromatic carbocycles. The largest absolute Gasteiger partial charge is 0.480 e. The van der Waals surface area contributed by atoms with Gasteiger partial charge < -0.3 is 10.1 Å². The van der Waals surface area contributed by atoms with Crippen molar-refractivity contribution >= 4 is 16.9 Å². The highest BCUT2D eigenvalue weighted by atomic mass is 16.5. The van der Waals surface area contributed by atoms with E-state index in [1.165, 1.54) is 0 Å². The van der Waals surface area contributed by atoms with Crippen LogP contribution in [0.3, 0.4) is 0 Å². The lowest BCUT2D eigenvalue weighted by Crippen LogP contribution is -2.23. The summed E-state index contributed by atoms with van der Waals surface area (Å²) < 4.78 is 7.14. The Labute approximate surface area is 168 Å². The molecule has 4 rings (SSSR count). The van der Waals surface area contributed by atoms with Crippen molar-refractivity contribution in [1.29, 1.82) is 0 Å². The van der Waals surface area contributed by atoms with Gasteiger partial charge in [-0.1, -0.05) is 24.3 Å². The van der Waals surface area contributed by atoms with E-state index in [-0.39, 0.29) is 5.91 Å². The molecule has 0 radical (unpaired) electrons. The Hall–Kier alpha value is -3.74. The number of fused-ring (bicyclic) bond motifs is 1. The fourth-order valence-corrected chi connectivity index (χ4v) is 3.06. The first kappa shape index (κ1) is 18.6. The minimum Gasteiger partial charge on any atom is -0.480 e. The van der Waals surface area contributed by atoms with E-state index in [4.69, 9.17) is 4.74 Å². The monoisotopic (exact) mass is 387 g/mol. The van der Waals surface area contributed by atoms with Gasteiger partial charge in [0.2, 0.25) is 11.8 Å². The number of benzene rings is 2. The molecular weight excluding hydrogens is 366 g/mol. The van der Waals surface area contributed by atoms with Gasteiger partial charge in [-0.25, -0.2) is 14.6 Å². The molecule has 1 N–H and O–H groups in total. The maximum absolute atomic E-state index is 12.3. The maximum Gasteiger partial charge on any atom is 0.235 e. The molecule has 0 bridgehead atoms. The smallest absolute Gasteiger partial charge is 0.235 e. The first-order chi connectivity index (χ1) is 14.2. The third-order valence-electron chi connectivity index (χ3n) is 4.58. The zero-order chi connectivity index (χ0) is 20.1. The second-order valence-electron chi connectivity index (χ2n) is 6.56.